The third-order valence-corrected chi connectivity index (χ3v) is 4.65. The van der Waals surface area contributed by atoms with Crippen LogP contribution in [0.1, 0.15) is 0 Å². The molecule has 1 aromatic carbocycles. The Kier molecular flexibility index (Phi) is 3.61. The van der Waals surface area contributed by atoms with Crippen molar-refractivity contribution in [3.63, 3.8) is 0 Å². The molecule has 0 atom stereocenters. The lowest BCUT2D eigenvalue weighted by Crippen LogP contribution is -1.98. The summed E-state index contributed by atoms with van der Waals surface area (Å²) in [5.41, 5.74) is 8.88. The number of halogens is 1. The second kappa shape index (κ2) is 5.42. The normalized spacial score (nSPS) is 10.8. The number of anilines is 1. The van der Waals surface area contributed by atoms with E-state index in [9.17, 15) is 0 Å². The molecule has 4 nitrogen and oxygen atoms in total. The summed E-state index contributed by atoms with van der Waals surface area (Å²) < 4.78 is 6.86. The topological polar surface area (TPSA) is 53.1 Å². The number of methoxy groups -OCH3 is 1. The van der Waals surface area contributed by atoms with Gasteiger partial charge in [0.15, 0.2) is 0 Å². The molecular weight excluding hydrogens is 306 g/mol. The zero-order chi connectivity index (χ0) is 15.0. The van der Waals surface area contributed by atoms with Crippen LogP contribution in [0, 0.1) is 0 Å². The molecule has 2 heterocycles. The molecular formula is C15H14ClN3OS. The predicted octanol–water partition coefficient (Wildman–Crippen LogP) is 4.06. The maximum absolute atomic E-state index is 6.24. The number of nitrogens with two attached hydrogens (primary N) is 1. The minimum absolute atomic E-state index is 0.611. The van der Waals surface area contributed by atoms with Gasteiger partial charge in [-0.2, -0.15) is 5.10 Å². The molecule has 2 N–H and O–H groups in total. The Bertz CT molecular complexity index is 777. The van der Waals surface area contributed by atoms with Crippen molar-refractivity contribution < 1.29 is 4.74 Å². The predicted molar refractivity (Wildman–Crippen MR) is 87.9 cm³/mol. The number of nitrogens with zero attached hydrogens (tertiary/aromatic N) is 2. The summed E-state index contributed by atoms with van der Waals surface area (Å²) in [5, 5.41) is 7.15. The van der Waals surface area contributed by atoms with Gasteiger partial charge >= 0.3 is 0 Å². The van der Waals surface area contributed by atoms with E-state index in [2.05, 4.69) is 5.10 Å². The number of aryl methyl sites for hydroxylation is 1. The fraction of sp³-hybridized carbons (Fsp3) is 0.133. The summed E-state index contributed by atoms with van der Waals surface area (Å²) in [6.45, 7) is 0. The molecule has 3 rings (SSSR count). The molecule has 0 saturated heterocycles. The van der Waals surface area contributed by atoms with Crippen molar-refractivity contribution in [1.82, 2.24) is 9.78 Å². The molecule has 21 heavy (non-hydrogen) atoms. The van der Waals surface area contributed by atoms with Gasteiger partial charge in [0.05, 0.1) is 22.6 Å². The van der Waals surface area contributed by atoms with Crippen molar-refractivity contribution in [2.45, 2.75) is 0 Å². The van der Waals surface area contributed by atoms with Gasteiger partial charge in [-0.15, -0.1) is 11.3 Å². The van der Waals surface area contributed by atoms with Crippen LogP contribution in [0.15, 0.2) is 35.7 Å². The smallest absolute Gasteiger partial charge is 0.129 e. The summed E-state index contributed by atoms with van der Waals surface area (Å²) >= 11 is 7.80. The lowest BCUT2D eigenvalue weighted by Gasteiger charge is -2.05. The molecule has 2 aromatic heterocycles. The zero-order valence-electron chi connectivity index (χ0n) is 11.6. The third-order valence-electron chi connectivity index (χ3n) is 3.30. The lowest BCUT2D eigenvalue weighted by molar-refractivity contribution is 0.415. The Hall–Kier alpha value is -1.98. The van der Waals surface area contributed by atoms with Gasteiger partial charge in [-0.25, -0.2) is 0 Å². The highest BCUT2D eigenvalue weighted by molar-refractivity contribution is 7.14. The molecule has 0 unspecified atom stereocenters. The minimum atomic E-state index is 0.611. The van der Waals surface area contributed by atoms with E-state index in [0.29, 0.717) is 10.8 Å². The summed E-state index contributed by atoms with van der Waals surface area (Å²) in [5.74, 6) is 1.41. The van der Waals surface area contributed by atoms with Gasteiger partial charge in [-0.1, -0.05) is 23.7 Å². The first kappa shape index (κ1) is 14.0. The average molecular weight is 320 g/mol. The zero-order valence-corrected chi connectivity index (χ0v) is 13.2. The second-order valence-corrected chi connectivity index (χ2v) is 5.88. The highest BCUT2D eigenvalue weighted by atomic mass is 35.5. The number of thiophene rings is 1. The van der Waals surface area contributed by atoms with Gasteiger partial charge in [-0.05, 0) is 29.1 Å². The summed E-state index contributed by atoms with van der Waals surface area (Å²) in [7, 11) is 3.47. The van der Waals surface area contributed by atoms with Crippen LogP contribution in [0.3, 0.4) is 0 Å². The van der Waals surface area contributed by atoms with Gasteiger partial charge in [-0.3, -0.25) is 4.68 Å². The van der Waals surface area contributed by atoms with E-state index in [1.54, 1.807) is 23.1 Å². The van der Waals surface area contributed by atoms with E-state index >= 15 is 0 Å². The number of benzene rings is 1. The third kappa shape index (κ3) is 2.39. The van der Waals surface area contributed by atoms with Crippen molar-refractivity contribution in [3.8, 4) is 27.4 Å². The summed E-state index contributed by atoms with van der Waals surface area (Å²) in [4.78, 5) is 0.926. The molecule has 0 aliphatic carbocycles. The average Bonchev–Trinajstić information content (AvgIpc) is 3.04. The van der Waals surface area contributed by atoms with Crippen LogP contribution in [-0.4, -0.2) is 16.9 Å². The SMILES string of the molecule is COc1ccc(-c2c(-c3sccc3Cl)nn(C)c2N)cc1. The first-order valence-electron chi connectivity index (χ1n) is 6.32. The van der Waals surface area contributed by atoms with Crippen LogP contribution in [-0.2, 0) is 7.05 Å². The summed E-state index contributed by atoms with van der Waals surface area (Å²) in [6, 6.07) is 9.61. The van der Waals surface area contributed by atoms with Crippen molar-refractivity contribution in [1.29, 1.82) is 0 Å². The molecule has 3 aromatic rings. The standard InChI is InChI=1S/C15H14ClN3OS/c1-19-15(17)12(9-3-5-10(20-2)6-4-9)13(18-19)14-11(16)7-8-21-14/h3-8H,17H2,1-2H3. The first-order valence-corrected chi connectivity index (χ1v) is 7.58. The molecule has 0 amide bonds. The number of rotatable bonds is 3. The Balaban J connectivity index is 2.19. The maximum atomic E-state index is 6.24. The van der Waals surface area contributed by atoms with E-state index in [4.69, 9.17) is 22.1 Å². The van der Waals surface area contributed by atoms with E-state index in [1.165, 1.54) is 0 Å². The minimum Gasteiger partial charge on any atom is -0.497 e. The molecule has 0 fully saturated rings. The molecule has 108 valence electrons. The number of aromatic nitrogens is 2. The number of nitrogen functional groups attached to an aromatic ring is 1. The van der Waals surface area contributed by atoms with Crippen molar-refractivity contribution in [3.05, 3.63) is 40.7 Å². The van der Waals surface area contributed by atoms with Crippen molar-refractivity contribution in [2.24, 2.45) is 7.05 Å². The number of hydrogen-bond acceptors (Lipinski definition) is 4. The van der Waals surface area contributed by atoms with Crippen LogP contribution in [0.25, 0.3) is 21.7 Å². The quantitative estimate of drug-likeness (QED) is 0.792. The molecule has 0 saturated carbocycles. The molecule has 0 bridgehead atoms. The second-order valence-electron chi connectivity index (χ2n) is 4.56. The van der Waals surface area contributed by atoms with E-state index < -0.39 is 0 Å². The number of hydrogen-bond donors (Lipinski definition) is 1. The van der Waals surface area contributed by atoms with Crippen molar-refractivity contribution >= 4 is 28.8 Å². The van der Waals surface area contributed by atoms with E-state index in [-0.39, 0.29) is 0 Å². The molecule has 0 aliphatic rings. The van der Waals surface area contributed by atoms with E-state index in [0.717, 1.165) is 27.4 Å². The highest BCUT2D eigenvalue weighted by Gasteiger charge is 2.20. The van der Waals surface area contributed by atoms with Crippen LogP contribution in [0.4, 0.5) is 5.82 Å². The van der Waals surface area contributed by atoms with Gasteiger partial charge < -0.3 is 10.5 Å². The maximum Gasteiger partial charge on any atom is 0.129 e. The fourth-order valence-corrected chi connectivity index (χ4v) is 3.34. The lowest BCUT2D eigenvalue weighted by atomic mass is 10.0. The monoisotopic (exact) mass is 319 g/mol. The van der Waals surface area contributed by atoms with Gasteiger partial charge in [0.25, 0.3) is 0 Å². The van der Waals surface area contributed by atoms with Gasteiger partial charge in [0, 0.05) is 7.05 Å². The summed E-state index contributed by atoms with van der Waals surface area (Å²) in [6.07, 6.45) is 0. The Morgan fingerprint density at radius 1 is 1.24 bits per heavy atom. The van der Waals surface area contributed by atoms with Crippen LogP contribution < -0.4 is 10.5 Å². The molecule has 0 spiro atoms. The molecule has 0 aliphatic heterocycles. The van der Waals surface area contributed by atoms with E-state index in [1.807, 2.05) is 42.8 Å². The Morgan fingerprint density at radius 2 is 1.95 bits per heavy atom. The first-order chi connectivity index (χ1) is 10.1. The highest BCUT2D eigenvalue weighted by Crippen LogP contribution is 2.41. The van der Waals surface area contributed by atoms with Crippen molar-refractivity contribution in [2.75, 3.05) is 12.8 Å². The van der Waals surface area contributed by atoms with Crippen LogP contribution >= 0.6 is 22.9 Å². The van der Waals surface area contributed by atoms with Crippen LogP contribution in [0.2, 0.25) is 5.02 Å². The number of ether oxygens (including phenoxy) is 1. The Labute approximate surface area is 131 Å². The largest absolute Gasteiger partial charge is 0.497 e. The van der Waals surface area contributed by atoms with Gasteiger partial charge in [0.2, 0.25) is 0 Å². The molecule has 6 heteroatoms. The molecule has 0 radical (unpaired) electrons. The van der Waals surface area contributed by atoms with Gasteiger partial charge in [0.1, 0.15) is 17.3 Å². The Morgan fingerprint density at radius 3 is 2.52 bits per heavy atom. The fourth-order valence-electron chi connectivity index (χ4n) is 2.20. The van der Waals surface area contributed by atoms with Crippen LogP contribution in [0.5, 0.6) is 5.75 Å².